The van der Waals surface area contributed by atoms with E-state index in [1.807, 2.05) is 6.92 Å². The fraction of sp³-hybridized carbons (Fsp3) is 0.667. The molecule has 1 saturated heterocycles. The monoisotopic (exact) mass is 208 g/mol. The highest BCUT2D eigenvalue weighted by atomic mass is 16.6. The van der Waals surface area contributed by atoms with Crippen molar-refractivity contribution in [1.29, 1.82) is 0 Å². The Balaban J connectivity index is 2.39. The number of rotatable bonds is 2. The Kier molecular flexibility index (Phi) is 2.63. The van der Waals surface area contributed by atoms with Gasteiger partial charge in [0.05, 0.1) is 11.8 Å². The van der Waals surface area contributed by atoms with Crippen molar-refractivity contribution in [3.05, 3.63) is 11.1 Å². The maximum Gasteiger partial charge on any atom is 0.321 e. The first kappa shape index (κ1) is 10.4. The molecule has 1 heterocycles. The van der Waals surface area contributed by atoms with Crippen LogP contribution in [-0.2, 0) is 14.3 Å². The molecule has 0 unspecified atom stereocenters. The van der Waals surface area contributed by atoms with Crippen molar-refractivity contribution in [2.24, 2.45) is 11.8 Å². The average molecular weight is 208 g/mol. The van der Waals surface area contributed by atoms with Crippen LogP contribution in [0, 0.1) is 11.8 Å². The lowest BCUT2D eigenvalue weighted by Crippen LogP contribution is -2.25. The minimum atomic E-state index is -0.326. The van der Waals surface area contributed by atoms with Gasteiger partial charge in [-0.2, -0.15) is 0 Å². The topological polar surface area (TPSA) is 43.4 Å². The summed E-state index contributed by atoms with van der Waals surface area (Å²) in [5.74, 6) is -1.09. The molecule has 0 aromatic rings. The summed E-state index contributed by atoms with van der Waals surface area (Å²) in [7, 11) is 0. The fourth-order valence-electron chi connectivity index (χ4n) is 2.79. The smallest absolute Gasteiger partial charge is 0.321 e. The van der Waals surface area contributed by atoms with Crippen molar-refractivity contribution in [2.45, 2.75) is 39.5 Å². The van der Waals surface area contributed by atoms with E-state index < -0.39 is 0 Å². The zero-order valence-corrected chi connectivity index (χ0v) is 9.21. The molecule has 2 rings (SSSR count). The predicted molar refractivity (Wildman–Crippen MR) is 54.9 cm³/mol. The normalized spacial score (nSPS) is 30.5. The molecule has 0 amide bonds. The summed E-state index contributed by atoms with van der Waals surface area (Å²) in [6, 6.07) is 0. The van der Waals surface area contributed by atoms with Crippen LogP contribution < -0.4 is 0 Å². The van der Waals surface area contributed by atoms with Crippen molar-refractivity contribution >= 4 is 11.9 Å². The third kappa shape index (κ3) is 1.50. The first-order valence-corrected chi connectivity index (χ1v) is 5.65. The van der Waals surface area contributed by atoms with Crippen molar-refractivity contribution in [2.75, 3.05) is 0 Å². The molecule has 1 fully saturated rings. The average Bonchev–Trinajstić information content (AvgIpc) is 2.53. The first-order chi connectivity index (χ1) is 7.19. The second-order valence-corrected chi connectivity index (χ2v) is 4.20. The molecule has 15 heavy (non-hydrogen) atoms. The highest BCUT2D eigenvalue weighted by Gasteiger charge is 2.47. The summed E-state index contributed by atoms with van der Waals surface area (Å²) in [4.78, 5) is 23.0. The zero-order chi connectivity index (χ0) is 11.0. The number of fused-ring (bicyclic) bond motifs is 1. The molecule has 0 aromatic carbocycles. The van der Waals surface area contributed by atoms with Crippen LogP contribution in [0.3, 0.4) is 0 Å². The van der Waals surface area contributed by atoms with Gasteiger partial charge in [-0.15, -0.1) is 0 Å². The zero-order valence-electron chi connectivity index (χ0n) is 9.21. The van der Waals surface area contributed by atoms with E-state index in [0.717, 1.165) is 31.3 Å². The molecule has 3 heteroatoms. The maximum atomic E-state index is 11.6. The minimum Gasteiger partial charge on any atom is -0.392 e. The molecule has 1 aliphatic carbocycles. The molecule has 0 aromatic heterocycles. The Morgan fingerprint density at radius 2 is 1.93 bits per heavy atom. The third-order valence-electron chi connectivity index (χ3n) is 3.55. The van der Waals surface area contributed by atoms with Gasteiger partial charge in [-0.25, -0.2) is 0 Å². The van der Waals surface area contributed by atoms with Crippen LogP contribution in [0.25, 0.3) is 0 Å². The Morgan fingerprint density at radius 3 is 2.53 bits per heavy atom. The lowest BCUT2D eigenvalue weighted by Gasteiger charge is -2.25. The number of hydrogen-bond donors (Lipinski definition) is 0. The van der Waals surface area contributed by atoms with Crippen LogP contribution in [0.4, 0.5) is 0 Å². The van der Waals surface area contributed by atoms with E-state index in [1.165, 1.54) is 5.57 Å². The van der Waals surface area contributed by atoms with Gasteiger partial charge in [0, 0.05) is 0 Å². The minimum absolute atomic E-state index is 0.192. The quantitative estimate of drug-likeness (QED) is 0.397. The number of ether oxygens (including phenoxy) is 1. The van der Waals surface area contributed by atoms with E-state index in [9.17, 15) is 9.59 Å². The second-order valence-electron chi connectivity index (χ2n) is 4.20. The SMILES string of the molecule is CCC1=C(CC)[C@@H]2C(=O)OC(=O)[C@@H]2CC1. The number of carbonyl (C=O) groups is 2. The van der Waals surface area contributed by atoms with Crippen LogP contribution in [-0.4, -0.2) is 11.9 Å². The van der Waals surface area contributed by atoms with Gasteiger partial charge in [0.2, 0.25) is 0 Å². The first-order valence-electron chi connectivity index (χ1n) is 5.65. The van der Waals surface area contributed by atoms with E-state index in [1.54, 1.807) is 0 Å². The Labute approximate surface area is 89.5 Å². The van der Waals surface area contributed by atoms with Crippen molar-refractivity contribution in [1.82, 2.24) is 0 Å². The fourth-order valence-corrected chi connectivity index (χ4v) is 2.79. The van der Waals surface area contributed by atoms with Gasteiger partial charge < -0.3 is 4.74 Å². The van der Waals surface area contributed by atoms with E-state index >= 15 is 0 Å². The van der Waals surface area contributed by atoms with Crippen LogP contribution in [0.15, 0.2) is 11.1 Å². The Hall–Kier alpha value is -1.12. The number of carbonyl (C=O) groups excluding carboxylic acids is 2. The third-order valence-corrected chi connectivity index (χ3v) is 3.55. The van der Waals surface area contributed by atoms with Gasteiger partial charge in [-0.05, 0) is 25.7 Å². The van der Waals surface area contributed by atoms with Crippen LogP contribution in [0.2, 0.25) is 0 Å². The number of cyclic esters (lactones) is 2. The number of allylic oxidation sites excluding steroid dienone is 1. The van der Waals surface area contributed by atoms with Gasteiger partial charge in [-0.3, -0.25) is 9.59 Å². The maximum absolute atomic E-state index is 11.6. The van der Waals surface area contributed by atoms with Crippen molar-refractivity contribution in [3.8, 4) is 0 Å². The highest BCUT2D eigenvalue weighted by Crippen LogP contribution is 2.42. The summed E-state index contributed by atoms with van der Waals surface area (Å²) < 4.78 is 4.72. The standard InChI is InChI=1S/C12H16O3/c1-3-7-5-6-9-10(8(7)4-2)12(14)15-11(9)13/h9-10H,3-6H2,1-2H3/t9-,10+/m1/s1. The predicted octanol–water partition coefficient (Wildman–Crippen LogP) is 2.21. The van der Waals surface area contributed by atoms with Crippen molar-refractivity contribution < 1.29 is 14.3 Å². The van der Waals surface area contributed by atoms with E-state index in [2.05, 4.69) is 6.92 Å². The van der Waals surface area contributed by atoms with Gasteiger partial charge in [0.1, 0.15) is 0 Å². The molecule has 0 bridgehead atoms. The van der Waals surface area contributed by atoms with Gasteiger partial charge >= 0.3 is 11.9 Å². The van der Waals surface area contributed by atoms with Crippen molar-refractivity contribution in [3.63, 3.8) is 0 Å². The van der Waals surface area contributed by atoms with Gasteiger partial charge in [0.15, 0.2) is 0 Å². The molecule has 0 spiro atoms. The Morgan fingerprint density at radius 1 is 1.20 bits per heavy atom. The lowest BCUT2D eigenvalue weighted by molar-refractivity contribution is -0.153. The van der Waals surface area contributed by atoms with E-state index in [0.29, 0.717) is 0 Å². The molecule has 1 aliphatic heterocycles. The number of esters is 2. The molecule has 2 aliphatic rings. The summed E-state index contributed by atoms with van der Waals surface area (Å²) >= 11 is 0. The summed E-state index contributed by atoms with van der Waals surface area (Å²) in [6.07, 6.45) is 3.56. The molecular formula is C12H16O3. The molecular weight excluding hydrogens is 192 g/mol. The summed E-state index contributed by atoms with van der Waals surface area (Å²) in [5, 5.41) is 0. The second kappa shape index (κ2) is 3.80. The van der Waals surface area contributed by atoms with Gasteiger partial charge in [0.25, 0.3) is 0 Å². The van der Waals surface area contributed by atoms with E-state index in [-0.39, 0.29) is 23.8 Å². The molecule has 82 valence electrons. The molecule has 3 nitrogen and oxygen atoms in total. The van der Waals surface area contributed by atoms with E-state index in [4.69, 9.17) is 4.74 Å². The van der Waals surface area contributed by atoms with Crippen LogP contribution in [0.1, 0.15) is 39.5 Å². The largest absolute Gasteiger partial charge is 0.392 e. The summed E-state index contributed by atoms with van der Waals surface area (Å²) in [5.41, 5.74) is 2.51. The molecule has 0 radical (unpaired) electrons. The molecule has 2 atom stereocenters. The highest BCUT2D eigenvalue weighted by molar-refractivity contribution is 5.98. The van der Waals surface area contributed by atoms with Crippen LogP contribution >= 0.6 is 0 Å². The number of hydrogen-bond acceptors (Lipinski definition) is 3. The Bertz CT molecular complexity index is 341. The van der Waals surface area contributed by atoms with Crippen LogP contribution in [0.5, 0.6) is 0 Å². The van der Waals surface area contributed by atoms with Gasteiger partial charge in [-0.1, -0.05) is 25.0 Å². The molecule has 0 saturated carbocycles. The summed E-state index contributed by atoms with van der Waals surface area (Å²) in [6.45, 7) is 4.15. The molecule has 0 N–H and O–H groups in total. The lowest BCUT2D eigenvalue weighted by atomic mass is 9.75.